The first kappa shape index (κ1) is 23.1. The number of carbonyl (C=O) groups is 2. The molecule has 34 heavy (non-hydrogen) atoms. The smallest absolute Gasteiger partial charge is 0.277 e. The van der Waals surface area contributed by atoms with Crippen molar-refractivity contribution in [3.05, 3.63) is 47.1 Å². The highest BCUT2D eigenvalue weighted by atomic mass is 35.5. The number of likely N-dealkylation sites (N-methyl/N-ethyl adjacent to an activating group) is 1. The third-order valence-electron chi connectivity index (χ3n) is 6.58. The molecule has 2 aromatic heterocycles. The largest absolute Gasteiger partial charge is 0.454 e. The summed E-state index contributed by atoms with van der Waals surface area (Å²) in [6.45, 7) is 7.64. The fourth-order valence-electron chi connectivity index (χ4n) is 4.66. The summed E-state index contributed by atoms with van der Waals surface area (Å²) in [6.07, 6.45) is 0.361. The maximum absolute atomic E-state index is 13.2. The van der Waals surface area contributed by atoms with Gasteiger partial charge in [-0.3, -0.25) is 19.1 Å². The van der Waals surface area contributed by atoms with Crippen molar-refractivity contribution in [2.24, 2.45) is 5.41 Å². The van der Waals surface area contributed by atoms with E-state index >= 15 is 0 Å². The van der Waals surface area contributed by atoms with Gasteiger partial charge in [-0.15, -0.1) is 0 Å². The van der Waals surface area contributed by atoms with Crippen LogP contribution in [0, 0.1) is 5.41 Å². The van der Waals surface area contributed by atoms with E-state index in [4.69, 9.17) is 28.2 Å². The van der Waals surface area contributed by atoms with Gasteiger partial charge in [0.05, 0.1) is 5.52 Å². The summed E-state index contributed by atoms with van der Waals surface area (Å²) < 4.78 is 7.78. The van der Waals surface area contributed by atoms with Gasteiger partial charge in [-0.1, -0.05) is 25.4 Å². The van der Waals surface area contributed by atoms with Crippen LogP contribution in [-0.4, -0.2) is 76.0 Å². The van der Waals surface area contributed by atoms with Crippen LogP contribution in [0.2, 0.25) is 5.02 Å². The standard InChI is InChI=1S/C25H27ClN4O3S/c1-25(2,14-22(31)28-10-8-27(3)9-11-28)15-29-23(32)19-13-21-18(30(19)24(29)34)12-20(33-21)16-4-6-17(26)7-5-16/h4-7,12-13H,8-11,14-15H2,1-3H3. The predicted molar refractivity (Wildman–Crippen MR) is 136 cm³/mol. The molecule has 0 bridgehead atoms. The molecule has 2 aliphatic rings. The highest BCUT2D eigenvalue weighted by molar-refractivity contribution is 7.80. The Balaban J connectivity index is 1.33. The molecule has 2 aliphatic heterocycles. The number of benzene rings is 1. The van der Waals surface area contributed by atoms with Gasteiger partial charge in [-0.05, 0) is 48.9 Å². The van der Waals surface area contributed by atoms with Crippen molar-refractivity contribution in [3.8, 4) is 11.3 Å². The quantitative estimate of drug-likeness (QED) is 0.490. The van der Waals surface area contributed by atoms with Gasteiger partial charge < -0.3 is 14.2 Å². The zero-order chi connectivity index (χ0) is 24.2. The Bertz CT molecular complexity index is 1290. The minimum atomic E-state index is -0.422. The van der Waals surface area contributed by atoms with E-state index in [9.17, 15) is 9.59 Å². The van der Waals surface area contributed by atoms with Gasteiger partial charge >= 0.3 is 0 Å². The number of furan rings is 1. The van der Waals surface area contributed by atoms with Crippen molar-refractivity contribution in [1.29, 1.82) is 0 Å². The average molecular weight is 499 g/mol. The molecular formula is C25H27ClN4O3S. The number of hydrogen-bond acceptors (Lipinski definition) is 5. The number of fused-ring (bicyclic) bond motifs is 3. The molecule has 1 fully saturated rings. The van der Waals surface area contributed by atoms with Crippen molar-refractivity contribution < 1.29 is 14.0 Å². The molecule has 0 N–H and O–H groups in total. The van der Waals surface area contributed by atoms with Crippen LogP contribution in [0.3, 0.4) is 0 Å². The molecule has 3 aromatic rings. The Morgan fingerprint density at radius 2 is 1.79 bits per heavy atom. The van der Waals surface area contributed by atoms with Gasteiger partial charge in [0.15, 0.2) is 10.7 Å². The summed E-state index contributed by atoms with van der Waals surface area (Å²) in [5.41, 5.74) is 2.33. The third-order valence-corrected chi connectivity index (χ3v) is 7.23. The Morgan fingerprint density at radius 3 is 2.47 bits per heavy atom. The minimum absolute atomic E-state index is 0.125. The Labute approximate surface area is 208 Å². The number of halogens is 1. The molecular weight excluding hydrogens is 472 g/mol. The van der Waals surface area contributed by atoms with Crippen LogP contribution in [0.4, 0.5) is 0 Å². The molecule has 4 heterocycles. The second-order valence-electron chi connectivity index (χ2n) is 9.93. The summed E-state index contributed by atoms with van der Waals surface area (Å²) in [6, 6.07) is 11.0. The van der Waals surface area contributed by atoms with Crippen molar-refractivity contribution in [1.82, 2.24) is 19.3 Å². The number of nitrogens with zero attached hydrogens (tertiary/aromatic N) is 4. The SMILES string of the molecule is CN1CCN(C(=O)CC(C)(C)CN2C(=O)c3cc4oc(-c5ccc(Cl)cc5)cc4n3C2=S)CC1. The summed E-state index contributed by atoms with van der Waals surface area (Å²) in [7, 11) is 2.07. The Hall–Kier alpha value is -2.68. The molecule has 0 spiro atoms. The van der Waals surface area contributed by atoms with Crippen LogP contribution in [0.5, 0.6) is 0 Å². The minimum Gasteiger partial charge on any atom is -0.454 e. The number of amides is 2. The van der Waals surface area contributed by atoms with Gasteiger partial charge in [0.25, 0.3) is 5.91 Å². The van der Waals surface area contributed by atoms with Gasteiger partial charge in [0.2, 0.25) is 5.91 Å². The van der Waals surface area contributed by atoms with E-state index in [1.54, 1.807) is 15.5 Å². The molecule has 0 saturated carbocycles. The second kappa shape index (κ2) is 8.52. The van der Waals surface area contributed by atoms with E-state index in [1.165, 1.54) is 0 Å². The lowest BCUT2D eigenvalue weighted by molar-refractivity contribution is -0.135. The van der Waals surface area contributed by atoms with Crippen molar-refractivity contribution >= 4 is 51.8 Å². The molecule has 0 aliphatic carbocycles. The fraction of sp³-hybridized carbons (Fsp3) is 0.400. The predicted octanol–water partition coefficient (Wildman–Crippen LogP) is 4.33. The van der Waals surface area contributed by atoms with Crippen LogP contribution in [0.15, 0.2) is 40.8 Å². The van der Waals surface area contributed by atoms with E-state index in [-0.39, 0.29) is 11.8 Å². The van der Waals surface area contributed by atoms with E-state index in [0.29, 0.717) is 40.1 Å². The van der Waals surface area contributed by atoms with Gasteiger partial charge in [0.1, 0.15) is 11.5 Å². The van der Waals surface area contributed by atoms with Gasteiger partial charge in [-0.2, -0.15) is 0 Å². The first-order chi connectivity index (χ1) is 16.1. The zero-order valence-corrected chi connectivity index (χ0v) is 21.1. The maximum Gasteiger partial charge on any atom is 0.277 e. The lowest BCUT2D eigenvalue weighted by Gasteiger charge is -2.35. The summed E-state index contributed by atoms with van der Waals surface area (Å²) in [4.78, 5) is 31.9. The molecule has 5 rings (SSSR count). The molecule has 0 radical (unpaired) electrons. The molecule has 0 unspecified atom stereocenters. The zero-order valence-electron chi connectivity index (χ0n) is 19.5. The molecule has 0 atom stereocenters. The van der Waals surface area contributed by atoms with Gasteiger partial charge in [-0.25, -0.2) is 0 Å². The monoisotopic (exact) mass is 498 g/mol. The summed E-state index contributed by atoms with van der Waals surface area (Å²) in [5.74, 6) is 0.647. The second-order valence-corrected chi connectivity index (χ2v) is 10.7. The molecule has 178 valence electrons. The van der Waals surface area contributed by atoms with Crippen molar-refractivity contribution in [2.45, 2.75) is 20.3 Å². The van der Waals surface area contributed by atoms with E-state index in [0.717, 1.165) is 37.3 Å². The average Bonchev–Trinajstić information content (AvgIpc) is 3.41. The molecule has 9 heteroatoms. The number of thiocarbonyl (C=S) groups is 1. The van der Waals surface area contributed by atoms with Crippen LogP contribution in [0.1, 0.15) is 30.8 Å². The van der Waals surface area contributed by atoms with E-state index in [1.807, 2.05) is 49.1 Å². The summed E-state index contributed by atoms with van der Waals surface area (Å²) in [5, 5.41) is 1.07. The Kier molecular flexibility index (Phi) is 5.78. The summed E-state index contributed by atoms with van der Waals surface area (Å²) >= 11 is 11.7. The normalized spacial score (nSPS) is 17.2. The fourth-order valence-corrected chi connectivity index (χ4v) is 5.13. The highest BCUT2D eigenvalue weighted by Gasteiger charge is 2.39. The van der Waals surface area contributed by atoms with Gasteiger partial charge in [0, 0.05) is 61.9 Å². The van der Waals surface area contributed by atoms with Crippen LogP contribution in [-0.2, 0) is 4.79 Å². The van der Waals surface area contributed by atoms with Crippen molar-refractivity contribution in [3.63, 3.8) is 0 Å². The number of carbonyl (C=O) groups excluding carboxylic acids is 2. The molecule has 1 saturated heterocycles. The number of aromatic nitrogens is 1. The topological polar surface area (TPSA) is 61.9 Å². The number of rotatable bonds is 5. The molecule has 2 amide bonds. The lowest BCUT2D eigenvalue weighted by Crippen LogP contribution is -2.49. The molecule has 1 aromatic carbocycles. The van der Waals surface area contributed by atoms with Crippen molar-refractivity contribution in [2.75, 3.05) is 39.8 Å². The Morgan fingerprint density at radius 1 is 1.12 bits per heavy atom. The lowest BCUT2D eigenvalue weighted by atomic mass is 9.88. The first-order valence-corrected chi connectivity index (χ1v) is 12.2. The maximum atomic E-state index is 13.2. The van der Waals surface area contributed by atoms with Crippen LogP contribution in [0.25, 0.3) is 22.4 Å². The van der Waals surface area contributed by atoms with Crippen LogP contribution >= 0.6 is 23.8 Å². The van der Waals surface area contributed by atoms with E-state index in [2.05, 4.69) is 11.9 Å². The molecule has 7 nitrogen and oxygen atoms in total. The number of piperazine rings is 1. The first-order valence-electron chi connectivity index (χ1n) is 11.4. The van der Waals surface area contributed by atoms with E-state index < -0.39 is 5.41 Å². The number of hydrogen-bond donors (Lipinski definition) is 0. The van der Waals surface area contributed by atoms with Crippen LogP contribution < -0.4 is 0 Å². The third kappa shape index (κ3) is 4.15. The highest BCUT2D eigenvalue weighted by Crippen LogP contribution is 2.35.